The first-order valence-corrected chi connectivity index (χ1v) is 8.69. The van der Waals surface area contributed by atoms with Crippen LogP contribution in [0, 0.1) is 0 Å². The van der Waals surface area contributed by atoms with Gasteiger partial charge in [0.1, 0.15) is 0 Å². The predicted octanol–water partition coefficient (Wildman–Crippen LogP) is -4.37. The van der Waals surface area contributed by atoms with Gasteiger partial charge in [0.15, 0.2) is 24.4 Å². The van der Waals surface area contributed by atoms with Gasteiger partial charge < -0.3 is 61.3 Å². The van der Waals surface area contributed by atoms with Gasteiger partial charge in [-0.3, -0.25) is 19.2 Å². The van der Waals surface area contributed by atoms with Crippen LogP contribution < -0.4 is 0 Å². The molecule has 0 aliphatic heterocycles. The third-order valence-corrected chi connectivity index (χ3v) is 2.72. The zero-order valence-electron chi connectivity index (χ0n) is 17.8. The van der Waals surface area contributed by atoms with Crippen molar-refractivity contribution < 1.29 is 99.6 Å². The lowest BCUT2D eigenvalue weighted by atomic mass is 10.2. The Labute approximate surface area is 198 Å². The Morgan fingerprint density at radius 1 is 0.333 bits per heavy atom. The summed E-state index contributed by atoms with van der Waals surface area (Å²) < 4.78 is 0. The van der Waals surface area contributed by atoms with E-state index in [4.69, 9.17) is 61.3 Å². The van der Waals surface area contributed by atoms with Crippen molar-refractivity contribution >= 4 is 47.8 Å². The second-order valence-electron chi connectivity index (χ2n) is 5.71. The van der Waals surface area contributed by atoms with Crippen molar-refractivity contribution in [1.29, 1.82) is 0 Å². The van der Waals surface area contributed by atoms with E-state index >= 15 is 0 Å². The highest BCUT2D eigenvalue weighted by molar-refractivity contribution is 5.83. The summed E-state index contributed by atoms with van der Waals surface area (Å²) in [7, 11) is 0. The van der Waals surface area contributed by atoms with E-state index in [1.165, 1.54) is 0 Å². The first-order valence-electron chi connectivity index (χ1n) is 8.69. The molecule has 20 nitrogen and oxygen atoms in total. The summed E-state index contributed by atoms with van der Waals surface area (Å²) in [5.74, 6) is -11.4. The van der Waals surface area contributed by atoms with Gasteiger partial charge in [-0.05, 0) is 0 Å². The largest absolute Gasteiger partial charge is 0.481 e. The average Bonchev–Trinajstić information content (AvgIpc) is 2.75. The van der Waals surface area contributed by atoms with Gasteiger partial charge in [-0.25, -0.2) is 19.2 Å². The summed E-state index contributed by atoms with van der Waals surface area (Å²) in [5, 5.41) is 96.6. The van der Waals surface area contributed by atoms with Crippen LogP contribution in [-0.2, 0) is 38.4 Å². The van der Waals surface area contributed by atoms with Crippen molar-refractivity contribution in [3.63, 3.8) is 0 Å². The number of carbonyl (C=O) groups is 8. The number of aliphatic hydroxyl groups excluding tert-OH is 4. The van der Waals surface area contributed by atoms with E-state index in [0.717, 1.165) is 0 Å². The summed E-state index contributed by atoms with van der Waals surface area (Å²) in [6.07, 6.45) is -10.2. The Bertz CT molecular complexity index is 644. The summed E-state index contributed by atoms with van der Waals surface area (Å²) in [4.78, 5) is 77.6. The molecule has 0 fully saturated rings. The molecule has 0 saturated heterocycles. The predicted molar refractivity (Wildman–Crippen MR) is 104 cm³/mol. The van der Waals surface area contributed by atoms with Crippen molar-refractivity contribution in [2.24, 2.45) is 0 Å². The molecule has 0 radical (unpaired) electrons. The summed E-state index contributed by atoms with van der Waals surface area (Å²) in [5.41, 5.74) is 0. The second kappa shape index (κ2) is 21.2. The fourth-order valence-electron chi connectivity index (χ4n) is 0.968. The molecule has 4 atom stereocenters. The minimum atomic E-state index is -2.27. The number of carboxylic acids is 8. The van der Waals surface area contributed by atoms with Crippen molar-refractivity contribution in [3.05, 3.63) is 0 Å². The summed E-state index contributed by atoms with van der Waals surface area (Å²) in [6.45, 7) is 0. The highest BCUT2D eigenvalue weighted by Crippen LogP contribution is 1.93. The zero-order chi connectivity index (χ0) is 29.8. The van der Waals surface area contributed by atoms with Crippen LogP contribution in [0.5, 0.6) is 0 Å². The minimum Gasteiger partial charge on any atom is -0.481 e. The molecule has 0 spiro atoms. The molecule has 0 bridgehead atoms. The molecule has 0 saturated carbocycles. The van der Waals surface area contributed by atoms with Crippen LogP contribution in [0.3, 0.4) is 0 Å². The van der Waals surface area contributed by atoms with Crippen molar-refractivity contribution in [2.45, 2.75) is 50.1 Å². The Morgan fingerprint density at radius 2 is 0.444 bits per heavy atom. The quantitative estimate of drug-likeness (QED) is 0.112. The summed E-state index contributed by atoms with van der Waals surface area (Å²) in [6, 6.07) is 0. The Balaban J connectivity index is -0.000000191. The molecule has 36 heavy (non-hydrogen) atoms. The number of hydrogen-bond acceptors (Lipinski definition) is 12. The molecular formula is C16H24O20. The SMILES string of the molecule is O=C(O)C(O)C(O)C(=O)O.O=C(O)C(O)C(O)C(=O)O.O=C(O)CCC(=O)O.O=C(O)CCC(=O)O. The van der Waals surface area contributed by atoms with Crippen LogP contribution in [0.4, 0.5) is 0 Å². The number of aliphatic hydroxyl groups is 4. The Hall–Kier alpha value is -4.40. The lowest BCUT2D eigenvalue weighted by Gasteiger charge is -2.07. The highest BCUT2D eigenvalue weighted by atomic mass is 16.4. The van der Waals surface area contributed by atoms with E-state index < -0.39 is 72.2 Å². The topological polar surface area (TPSA) is 379 Å². The molecule has 0 aromatic rings. The van der Waals surface area contributed by atoms with E-state index in [9.17, 15) is 38.4 Å². The molecule has 208 valence electrons. The van der Waals surface area contributed by atoms with E-state index in [-0.39, 0.29) is 25.7 Å². The maximum Gasteiger partial charge on any atom is 0.335 e. The molecule has 0 amide bonds. The molecular weight excluding hydrogens is 512 g/mol. The molecule has 0 aromatic heterocycles. The van der Waals surface area contributed by atoms with Crippen molar-refractivity contribution in [2.75, 3.05) is 0 Å². The van der Waals surface area contributed by atoms with Gasteiger partial charge in [0, 0.05) is 0 Å². The third kappa shape index (κ3) is 27.6. The molecule has 0 aliphatic carbocycles. The minimum absolute atomic E-state index is 0.296. The smallest absolute Gasteiger partial charge is 0.335 e. The molecule has 4 unspecified atom stereocenters. The van der Waals surface area contributed by atoms with E-state index in [1.807, 2.05) is 0 Å². The fraction of sp³-hybridized carbons (Fsp3) is 0.500. The average molecular weight is 536 g/mol. The normalized spacial score (nSPS) is 12.6. The van der Waals surface area contributed by atoms with Crippen LogP contribution in [0.15, 0.2) is 0 Å². The number of rotatable bonds is 12. The maximum absolute atomic E-state index is 9.77. The van der Waals surface area contributed by atoms with Gasteiger partial charge in [0.05, 0.1) is 25.7 Å². The standard InChI is InChI=1S/2C4H6O6.2C4H6O4/c2*5-1(3(7)8)2(6)4(9)10;2*5-3(6)1-2-4(7)8/h2*1-2,5-6H,(H,7,8)(H,9,10);2*1-2H2,(H,5,6)(H,7,8). The molecule has 0 aromatic carbocycles. The van der Waals surface area contributed by atoms with E-state index in [2.05, 4.69) is 0 Å². The van der Waals surface area contributed by atoms with Crippen molar-refractivity contribution in [1.82, 2.24) is 0 Å². The van der Waals surface area contributed by atoms with Gasteiger partial charge in [0.2, 0.25) is 0 Å². The van der Waals surface area contributed by atoms with Crippen molar-refractivity contribution in [3.8, 4) is 0 Å². The van der Waals surface area contributed by atoms with Gasteiger partial charge in [0.25, 0.3) is 0 Å². The Morgan fingerprint density at radius 3 is 0.500 bits per heavy atom. The summed E-state index contributed by atoms with van der Waals surface area (Å²) >= 11 is 0. The zero-order valence-corrected chi connectivity index (χ0v) is 17.8. The second-order valence-corrected chi connectivity index (χ2v) is 5.71. The Kier molecular flexibility index (Phi) is 22.8. The van der Waals surface area contributed by atoms with Crippen LogP contribution in [0.1, 0.15) is 25.7 Å². The van der Waals surface area contributed by atoms with Gasteiger partial charge in [-0.1, -0.05) is 0 Å². The molecule has 0 heterocycles. The first kappa shape index (κ1) is 38.8. The van der Waals surface area contributed by atoms with E-state index in [1.54, 1.807) is 0 Å². The van der Waals surface area contributed by atoms with E-state index in [0.29, 0.717) is 0 Å². The van der Waals surface area contributed by atoms with Crippen LogP contribution in [-0.4, -0.2) is 133 Å². The molecule has 0 rings (SSSR count). The number of aliphatic carboxylic acids is 8. The first-order chi connectivity index (χ1) is 16.2. The van der Waals surface area contributed by atoms with Gasteiger partial charge >= 0.3 is 47.8 Å². The lowest BCUT2D eigenvalue weighted by molar-refractivity contribution is -0.165. The van der Waals surface area contributed by atoms with Crippen LogP contribution >= 0.6 is 0 Å². The van der Waals surface area contributed by atoms with Crippen LogP contribution in [0.2, 0.25) is 0 Å². The monoisotopic (exact) mass is 536 g/mol. The fourth-order valence-corrected chi connectivity index (χ4v) is 0.968. The number of carboxylic acid groups (broad SMARTS) is 8. The lowest BCUT2D eigenvalue weighted by Crippen LogP contribution is -2.39. The molecule has 12 N–H and O–H groups in total. The van der Waals surface area contributed by atoms with Gasteiger partial charge in [-0.2, -0.15) is 0 Å². The van der Waals surface area contributed by atoms with Gasteiger partial charge in [-0.15, -0.1) is 0 Å². The third-order valence-electron chi connectivity index (χ3n) is 2.72. The highest BCUT2D eigenvalue weighted by Gasteiger charge is 2.30. The molecule has 20 heteroatoms. The van der Waals surface area contributed by atoms with Crippen LogP contribution in [0.25, 0.3) is 0 Å². The maximum atomic E-state index is 9.77. The number of hydrogen-bond donors (Lipinski definition) is 12. The molecule has 0 aliphatic rings.